The molecule has 1 radical (unpaired) electrons. The van der Waals surface area contributed by atoms with Gasteiger partial charge in [0.1, 0.15) is 12.0 Å². The van der Waals surface area contributed by atoms with Gasteiger partial charge in [-0.25, -0.2) is 14.6 Å². The molecule has 54 heavy (non-hydrogen) atoms. The van der Waals surface area contributed by atoms with Gasteiger partial charge in [0, 0.05) is 75.7 Å². The molecule has 3 saturated heterocycles. The molecule has 0 bridgehead atoms. The van der Waals surface area contributed by atoms with Gasteiger partial charge in [0.05, 0.1) is 58.1 Å². The minimum absolute atomic E-state index is 0. The van der Waals surface area contributed by atoms with Crippen molar-refractivity contribution in [1.82, 2.24) is 36.1 Å². The van der Waals surface area contributed by atoms with Crippen molar-refractivity contribution in [2.24, 2.45) is 11.7 Å². The van der Waals surface area contributed by atoms with E-state index >= 15 is 0 Å². The zero-order valence-corrected chi connectivity index (χ0v) is 35.1. The molecular weight excluding hydrogens is 799 g/mol. The maximum Gasteiger partial charge on any atom is 0.317 e. The summed E-state index contributed by atoms with van der Waals surface area (Å²) < 4.78 is 24.1. The third-order valence-corrected chi connectivity index (χ3v) is 10.5. The topological polar surface area (TPSA) is 238 Å². The number of urea groups is 2. The Morgan fingerprint density at radius 3 is 2.37 bits per heavy atom. The van der Waals surface area contributed by atoms with E-state index in [0.29, 0.717) is 64.4 Å². The van der Waals surface area contributed by atoms with Crippen LogP contribution in [0.15, 0.2) is 6.33 Å². The summed E-state index contributed by atoms with van der Waals surface area (Å²) in [5, 5.41) is 17.2. The summed E-state index contributed by atoms with van der Waals surface area (Å²) in [5.74, 6) is 0.253. The molecule has 3 aliphatic heterocycles. The van der Waals surface area contributed by atoms with Gasteiger partial charge in [-0.3, -0.25) is 30.7 Å². The number of hydrogen-bond donors (Lipinski definition) is 7. The van der Waals surface area contributed by atoms with Gasteiger partial charge in [0.25, 0.3) is 5.91 Å². The number of rotatable bonds is 24. The predicted molar refractivity (Wildman–Crippen MR) is 197 cm³/mol. The van der Waals surface area contributed by atoms with Crippen LogP contribution in [0.2, 0.25) is 0 Å². The predicted octanol–water partition coefficient (Wildman–Crippen LogP) is 1.04. The Bertz CT molecular complexity index is 1380. The minimum Gasteiger partial charge on any atom is -0.389 e. The summed E-state index contributed by atoms with van der Waals surface area (Å²) in [4.78, 5) is 64.9. The Labute approximate surface area is 346 Å². The summed E-state index contributed by atoms with van der Waals surface area (Å²) in [6.45, 7) is 8.59. The Hall–Kier alpha value is -2.55. The number of nitrogens with one attached hydrogen (secondary N) is 6. The third-order valence-electron chi connectivity index (χ3n) is 9.04. The number of fused-ring (bicyclic) bond motifs is 1. The summed E-state index contributed by atoms with van der Waals surface area (Å²) in [6, 6.07) is -1.02. The van der Waals surface area contributed by atoms with Crippen LogP contribution in [0.5, 0.6) is 0 Å². The van der Waals surface area contributed by atoms with Crippen molar-refractivity contribution in [1.29, 1.82) is 0 Å². The molecule has 8 N–H and O–H groups in total. The second kappa shape index (κ2) is 24.2. The Kier molecular flexibility index (Phi) is 20.5. The van der Waals surface area contributed by atoms with Gasteiger partial charge in [-0.05, 0) is 19.8 Å². The fraction of sp³-hybridized carbons (Fsp3) is 0.735. The molecule has 4 rings (SSSR count). The fourth-order valence-electron chi connectivity index (χ4n) is 6.42. The molecule has 7 atom stereocenters. The monoisotopic (exact) mass is 855 g/mol. The van der Waals surface area contributed by atoms with E-state index in [0.717, 1.165) is 31.4 Å². The zero-order chi connectivity index (χ0) is 38.2. The van der Waals surface area contributed by atoms with Crippen LogP contribution in [0.3, 0.4) is 0 Å². The van der Waals surface area contributed by atoms with E-state index < -0.39 is 24.2 Å². The number of anilines is 1. The van der Waals surface area contributed by atoms with Crippen molar-refractivity contribution in [3.8, 4) is 0 Å². The molecular formula is C34H56N9O9SY-. The van der Waals surface area contributed by atoms with Crippen LogP contribution >= 0.6 is 11.8 Å². The number of primary amides is 1. The summed E-state index contributed by atoms with van der Waals surface area (Å²) in [6.07, 6.45) is 7.01. The first-order valence-electron chi connectivity index (χ1n) is 18.5. The Balaban J connectivity index is 0.00000784. The van der Waals surface area contributed by atoms with Crippen LogP contribution in [0.1, 0.15) is 76.0 Å². The molecule has 0 saturated carbocycles. The molecule has 0 aromatic carbocycles. The van der Waals surface area contributed by atoms with Gasteiger partial charge in [-0.15, -0.1) is 5.92 Å². The second-order valence-electron chi connectivity index (χ2n) is 13.3. The average molecular weight is 856 g/mol. The van der Waals surface area contributed by atoms with Crippen LogP contribution < -0.4 is 37.6 Å². The third kappa shape index (κ3) is 14.8. The van der Waals surface area contributed by atoms with Crippen LogP contribution in [-0.2, 0) is 61.2 Å². The van der Waals surface area contributed by atoms with Crippen LogP contribution in [0, 0.1) is 12.3 Å². The van der Waals surface area contributed by atoms with E-state index in [2.05, 4.69) is 43.3 Å². The maximum absolute atomic E-state index is 13.0. The first-order valence-corrected chi connectivity index (χ1v) is 19.5. The zero-order valence-electron chi connectivity index (χ0n) is 31.4. The molecule has 1 unspecified atom stereocenters. The first kappa shape index (κ1) is 45.8. The van der Waals surface area contributed by atoms with Crippen LogP contribution in [0.4, 0.5) is 15.4 Å². The number of carbonyl (C=O) groups is 5. The Morgan fingerprint density at radius 1 is 1.06 bits per heavy atom. The number of nitrogens with zero attached hydrogens (tertiary/aromatic N) is 2. The van der Waals surface area contributed by atoms with Gasteiger partial charge in [0.15, 0.2) is 5.69 Å². The van der Waals surface area contributed by atoms with Gasteiger partial charge in [-0.1, -0.05) is 32.8 Å². The summed E-state index contributed by atoms with van der Waals surface area (Å²) >= 11 is 1.88. The van der Waals surface area contributed by atoms with E-state index in [1.54, 1.807) is 11.5 Å². The number of amides is 7. The van der Waals surface area contributed by atoms with E-state index in [1.165, 1.54) is 6.33 Å². The van der Waals surface area contributed by atoms with Crippen molar-refractivity contribution >= 4 is 47.4 Å². The summed E-state index contributed by atoms with van der Waals surface area (Å²) in [7, 11) is 0. The SMILES string of the molecule is CC[C@@H]1[CH-]C(C)[C@H](n2cnc(C(=O)N[C@H](C)CC(=O)NCCOCCOCCOCCNC(=O)CCCC[C@@H]3SC[C@H]4NC(=O)N[C@@H]34)c2NC(N)=O)O1.[Y]. The number of hydrogen-bond acceptors (Lipinski definition) is 11. The molecule has 3 fully saturated rings. The van der Waals surface area contributed by atoms with Crippen molar-refractivity contribution in [2.75, 3.05) is 63.8 Å². The number of thioether (sulfide) groups is 1. The van der Waals surface area contributed by atoms with Crippen molar-refractivity contribution in [3.05, 3.63) is 18.4 Å². The van der Waals surface area contributed by atoms with E-state index in [9.17, 15) is 24.0 Å². The molecule has 301 valence electrons. The molecule has 20 heteroatoms. The quantitative estimate of drug-likeness (QED) is 0.0441. The largest absolute Gasteiger partial charge is 0.389 e. The number of nitrogens with two attached hydrogens (primary N) is 1. The van der Waals surface area contributed by atoms with Crippen molar-refractivity contribution in [2.45, 2.75) is 95.0 Å². The van der Waals surface area contributed by atoms with E-state index in [1.807, 2.05) is 25.6 Å². The van der Waals surface area contributed by atoms with Crippen molar-refractivity contribution < 1.29 is 75.6 Å². The normalized spacial score (nSPS) is 23.4. The number of carbonyl (C=O) groups excluding carboxylic acids is 5. The smallest absolute Gasteiger partial charge is 0.317 e. The second-order valence-corrected chi connectivity index (χ2v) is 14.6. The molecule has 7 amide bonds. The number of aromatic nitrogens is 2. The van der Waals surface area contributed by atoms with Crippen LogP contribution in [0.25, 0.3) is 0 Å². The number of ether oxygens (including phenoxy) is 4. The maximum atomic E-state index is 13.0. The first-order chi connectivity index (χ1) is 25.5. The molecule has 0 spiro atoms. The average Bonchev–Trinajstić information content (AvgIpc) is 3.88. The molecule has 0 aliphatic carbocycles. The van der Waals surface area contributed by atoms with E-state index in [-0.39, 0.29) is 92.6 Å². The van der Waals surface area contributed by atoms with Crippen molar-refractivity contribution in [3.63, 3.8) is 0 Å². The van der Waals surface area contributed by atoms with Gasteiger partial charge < -0.3 is 51.3 Å². The van der Waals surface area contributed by atoms with E-state index in [4.69, 9.17) is 24.7 Å². The van der Waals surface area contributed by atoms with Gasteiger partial charge in [-0.2, -0.15) is 11.8 Å². The number of imidazole rings is 1. The Morgan fingerprint density at radius 2 is 1.72 bits per heavy atom. The molecule has 4 heterocycles. The van der Waals surface area contributed by atoms with Gasteiger partial charge >= 0.3 is 12.1 Å². The standard InChI is InChI=1S/C34H56N9O9S.Y/c1-4-23-17-21(2)32(52-23)43-20-38-29(30(43)42-33(35)47)31(46)39-22(3)18-27(45)37-10-12-50-14-16-51-15-13-49-11-9-36-26(44)8-6-5-7-25-28-24(19-53-25)40-34(48)41-28;/h17,20-25,28,32H,4-16,18-19H2,1-3H3,(H,36,44)(H,37,45)(H,39,46)(H3,35,42,47)(H2,40,41,48);/q-1;/t21?,22-,23-,24-,25+,28-,32-;/m1./s1. The minimum atomic E-state index is -0.844. The van der Waals surface area contributed by atoms with Gasteiger partial charge in [0.2, 0.25) is 11.8 Å². The van der Waals surface area contributed by atoms with Crippen LogP contribution in [-0.4, -0.2) is 127 Å². The molecule has 1 aromatic heterocycles. The molecule has 1 aromatic rings. The molecule has 18 nitrogen and oxygen atoms in total. The summed E-state index contributed by atoms with van der Waals surface area (Å²) in [5.41, 5.74) is 5.34. The molecule has 3 aliphatic rings. The fourth-order valence-corrected chi connectivity index (χ4v) is 7.96. The number of unbranched alkanes of at least 4 members (excludes halogenated alkanes) is 1.